The lowest BCUT2D eigenvalue weighted by Gasteiger charge is -2.06. The Kier molecular flexibility index (Phi) is 3.79. The van der Waals surface area contributed by atoms with Gasteiger partial charge in [-0.3, -0.25) is 14.7 Å². The highest BCUT2D eigenvalue weighted by Gasteiger charge is 2.17. The number of hydrogen-bond donors (Lipinski definition) is 0. The molecule has 7 nitrogen and oxygen atoms in total. The Morgan fingerprint density at radius 3 is 2.78 bits per heavy atom. The Labute approximate surface area is 134 Å². The van der Waals surface area contributed by atoms with Crippen LogP contribution in [0.5, 0.6) is 5.75 Å². The summed E-state index contributed by atoms with van der Waals surface area (Å²) in [6.07, 6.45) is 0. The predicted molar refractivity (Wildman–Crippen MR) is 84.2 cm³/mol. The van der Waals surface area contributed by atoms with Gasteiger partial charge < -0.3 is 9.15 Å². The van der Waals surface area contributed by atoms with Crippen LogP contribution in [0.15, 0.2) is 45.6 Å². The number of rotatable bonds is 4. The second kappa shape index (κ2) is 5.77. The van der Waals surface area contributed by atoms with E-state index in [2.05, 4.69) is 0 Å². The molecule has 1 aromatic heterocycles. The SMILES string of the molecule is COc1ccc(Cn2c(=O)oc3ccc(Cl)cc32)cc1[N+](=O)[O-]. The van der Waals surface area contributed by atoms with Gasteiger partial charge in [-0.15, -0.1) is 0 Å². The summed E-state index contributed by atoms with van der Waals surface area (Å²) < 4.78 is 11.5. The number of hydrogen-bond acceptors (Lipinski definition) is 5. The van der Waals surface area contributed by atoms with Crippen molar-refractivity contribution < 1.29 is 14.1 Å². The van der Waals surface area contributed by atoms with E-state index in [1.807, 2.05) is 0 Å². The zero-order valence-corrected chi connectivity index (χ0v) is 12.7. The van der Waals surface area contributed by atoms with Crippen LogP contribution >= 0.6 is 11.6 Å². The van der Waals surface area contributed by atoms with E-state index in [4.69, 9.17) is 20.8 Å². The molecule has 0 aliphatic rings. The van der Waals surface area contributed by atoms with Gasteiger partial charge in [0, 0.05) is 11.1 Å². The molecule has 0 bridgehead atoms. The molecule has 0 saturated carbocycles. The van der Waals surface area contributed by atoms with E-state index in [0.717, 1.165) is 0 Å². The van der Waals surface area contributed by atoms with E-state index in [-0.39, 0.29) is 18.0 Å². The van der Waals surface area contributed by atoms with Crippen molar-refractivity contribution in [2.24, 2.45) is 0 Å². The van der Waals surface area contributed by atoms with Crippen molar-refractivity contribution in [1.29, 1.82) is 0 Å². The first-order valence-electron chi connectivity index (χ1n) is 6.60. The lowest BCUT2D eigenvalue weighted by atomic mass is 10.2. The second-order valence-corrected chi connectivity index (χ2v) is 5.27. The van der Waals surface area contributed by atoms with Crippen LogP contribution in [0.2, 0.25) is 5.02 Å². The number of aromatic nitrogens is 1. The van der Waals surface area contributed by atoms with Crippen LogP contribution in [-0.2, 0) is 6.54 Å². The summed E-state index contributed by atoms with van der Waals surface area (Å²) in [5.74, 6) is -0.396. The summed E-state index contributed by atoms with van der Waals surface area (Å²) in [5.41, 5.74) is 1.34. The quantitative estimate of drug-likeness (QED) is 0.540. The van der Waals surface area contributed by atoms with Crippen LogP contribution in [0, 0.1) is 10.1 Å². The van der Waals surface area contributed by atoms with Gasteiger partial charge in [0.05, 0.1) is 24.1 Å². The lowest BCUT2D eigenvalue weighted by Crippen LogP contribution is -2.15. The molecule has 0 saturated heterocycles. The van der Waals surface area contributed by atoms with Crippen LogP contribution in [0.1, 0.15) is 5.56 Å². The van der Waals surface area contributed by atoms with E-state index < -0.39 is 10.7 Å². The number of oxazole rings is 1. The zero-order valence-electron chi connectivity index (χ0n) is 12.0. The minimum atomic E-state index is -0.555. The van der Waals surface area contributed by atoms with Gasteiger partial charge in [-0.25, -0.2) is 4.79 Å². The van der Waals surface area contributed by atoms with Crippen molar-refractivity contribution in [1.82, 2.24) is 4.57 Å². The average Bonchev–Trinajstić information content (AvgIpc) is 2.83. The molecule has 0 fully saturated rings. The monoisotopic (exact) mass is 334 g/mol. The topological polar surface area (TPSA) is 87.5 Å². The van der Waals surface area contributed by atoms with Gasteiger partial charge in [-0.2, -0.15) is 0 Å². The Morgan fingerprint density at radius 1 is 1.30 bits per heavy atom. The molecule has 3 aromatic rings. The number of nitrogens with zero attached hydrogens (tertiary/aromatic N) is 2. The molecule has 1 heterocycles. The first kappa shape index (κ1) is 15.1. The van der Waals surface area contributed by atoms with E-state index >= 15 is 0 Å². The molecule has 0 N–H and O–H groups in total. The van der Waals surface area contributed by atoms with E-state index in [1.165, 1.54) is 23.8 Å². The molecule has 0 spiro atoms. The maximum atomic E-state index is 12.0. The van der Waals surface area contributed by atoms with Gasteiger partial charge in [0.1, 0.15) is 0 Å². The molecule has 0 atom stereocenters. The summed E-state index contributed by atoms with van der Waals surface area (Å²) in [6, 6.07) is 9.35. The van der Waals surface area contributed by atoms with Crippen LogP contribution in [-0.4, -0.2) is 16.6 Å². The standard InChI is InChI=1S/C15H11ClN2O5/c1-22-13-4-2-9(6-12(13)18(20)21)8-17-11-7-10(16)3-5-14(11)23-15(17)19/h2-7H,8H2,1H3. The molecular weight excluding hydrogens is 324 g/mol. The molecule has 0 radical (unpaired) electrons. The number of fused-ring (bicyclic) bond motifs is 1. The van der Waals surface area contributed by atoms with E-state index in [0.29, 0.717) is 21.7 Å². The maximum Gasteiger partial charge on any atom is 0.420 e. The highest BCUT2D eigenvalue weighted by molar-refractivity contribution is 6.31. The number of benzene rings is 2. The predicted octanol–water partition coefficient (Wildman–Crippen LogP) is 3.21. The van der Waals surface area contributed by atoms with Crippen molar-refractivity contribution in [3.05, 3.63) is 67.6 Å². The Hall–Kier alpha value is -2.80. The average molecular weight is 335 g/mol. The maximum absolute atomic E-state index is 12.0. The van der Waals surface area contributed by atoms with Gasteiger partial charge >= 0.3 is 11.4 Å². The third kappa shape index (κ3) is 2.78. The van der Waals surface area contributed by atoms with Gasteiger partial charge in [0.25, 0.3) is 0 Å². The first-order valence-corrected chi connectivity index (χ1v) is 6.97. The number of ether oxygens (including phenoxy) is 1. The molecule has 2 aromatic carbocycles. The summed E-state index contributed by atoms with van der Waals surface area (Å²) in [4.78, 5) is 22.5. The van der Waals surface area contributed by atoms with E-state index in [9.17, 15) is 14.9 Å². The van der Waals surface area contributed by atoms with Crippen molar-refractivity contribution in [3.8, 4) is 5.75 Å². The fraction of sp³-hybridized carbons (Fsp3) is 0.133. The van der Waals surface area contributed by atoms with E-state index in [1.54, 1.807) is 24.3 Å². The van der Waals surface area contributed by atoms with Crippen LogP contribution < -0.4 is 10.5 Å². The number of nitro groups is 1. The van der Waals surface area contributed by atoms with Crippen molar-refractivity contribution >= 4 is 28.4 Å². The minimum absolute atomic E-state index is 0.122. The summed E-state index contributed by atoms with van der Waals surface area (Å²) in [7, 11) is 1.36. The highest BCUT2D eigenvalue weighted by atomic mass is 35.5. The molecule has 0 aliphatic carbocycles. The van der Waals surface area contributed by atoms with Gasteiger partial charge in [-0.05, 0) is 29.8 Å². The molecule has 8 heteroatoms. The normalized spacial score (nSPS) is 10.9. The summed E-state index contributed by atoms with van der Waals surface area (Å²) >= 11 is 5.95. The zero-order chi connectivity index (χ0) is 16.6. The molecular formula is C15H11ClN2O5. The van der Waals surface area contributed by atoms with Crippen molar-refractivity contribution in [2.45, 2.75) is 6.54 Å². The third-order valence-corrected chi connectivity index (χ3v) is 3.65. The van der Waals surface area contributed by atoms with Crippen molar-refractivity contribution in [2.75, 3.05) is 7.11 Å². The van der Waals surface area contributed by atoms with Gasteiger partial charge in [-0.1, -0.05) is 17.7 Å². The fourth-order valence-corrected chi connectivity index (χ4v) is 2.51. The Balaban J connectivity index is 2.07. The third-order valence-electron chi connectivity index (χ3n) is 3.41. The molecule has 0 amide bonds. The number of methoxy groups -OCH3 is 1. The number of halogens is 1. The fourth-order valence-electron chi connectivity index (χ4n) is 2.34. The smallest absolute Gasteiger partial charge is 0.420 e. The van der Waals surface area contributed by atoms with Gasteiger partial charge in [0.15, 0.2) is 11.3 Å². The minimum Gasteiger partial charge on any atom is -0.490 e. The Bertz CT molecular complexity index is 960. The highest BCUT2D eigenvalue weighted by Crippen LogP contribution is 2.28. The Morgan fingerprint density at radius 2 is 2.09 bits per heavy atom. The molecule has 3 rings (SSSR count). The summed E-state index contributed by atoms with van der Waals surface area (Å²) in [5, 5.41) is 11.5. The number of nitro benzene ring substituents is 1. The summed E-state index contributed by atoms with van der Waals surface area (Å²) in [6.45, 7) is 0.122. The molecule has 23 heavy (non-hydrogen) atoms. The largest absolute Gasteiger partial charge is 0.490 e. The second-order valence-electron chi connectivity index (χ2n) is 4.83. The van der Waals surface area contributed by atoms with Crippen LogP contribution in [0.4, 0.5) is 5.69 Å². The first-order chi connectivity index (χ1) is 11.0. The molecule has 0 aliphatic heterocycles. The van der Waals surface area contributed by atoms with Crippen molar-refractivity contribution in [3.63, 3.8) is 0 Å². The molecule has 0 unspecified atom stereocenters. The van der Waals surface area contributed by atoms with Crippen LogP contribution in [0.25, 0.3) is 11.1 Å². The van der Waals surface area contributed by atoms with Crippen LogP contribution in [0.3, 0.4) is 0 Å². The van der Waals surface area contributed by atoms with Gasteiger partial charge in [0.2, 0.25) is 0 Å². The lowest BCUT2D eigenvalue weighted by molar-refractivity contribution is -0.385. The molecule has 118 valence electrons.